The largest absolute Gasteiger partial charge is 0.353 e. The van der Waals surface area contributed by atoms with Crippen LogP contribution >= 0.6 is 0 Å². The van der Waals surface area contributed by atoms with Crippen LogP contribution in [-0.2, 0) is 14.8 Å². The SMILES string of the molecule is CCN1[C@@H]2CCCC[C@@]2(C(=O)NC2CCN(C)CC2)CCS1(=O)=O. The quantitative estimate of drug-likeness (QED) is 0.823. The van der Waals surface area contributed by atoms with Crippen molar-refractivity contribution in [3.8, 4) is 0 Å². The van der Waals surface area contributed by atoms with Crippen molar-refractivity contribution in [2.75, 3.05) is 32.4 Å². The van der Waals surface area contributed by atoms with Gasteiger partial charge < -0.3 is 10.2 Å². The molecule has 3 fully saturated rings. The van der Waals surface area contributed by atoms with E-state index < -0.39 is 15.4 Å². The molecule has 0 radical (unpaired) electrons. The molecule has 2 atom stereocenters. The maximum atomic E-state index is 13.2. The van der Waals surface area contributed by atoms with Crippen molar-refractivity contribution in [1.82, 2.24) is 14.5 Å². The lowest BCUT2D eigenvalue weighted by molar-refractivity contribution is -0.138. The molecule has 1 N–H and O–H groups in total. The van der Waals surface area contributed by atoms with Crippen molar-refractivity contribution in [2.24, 2.45) is 5.41 Å². The summed E-state index contributed by atoms with van der Waals surface area (Å²) >= 11 is 0. The van der Waals surface area contributed by atoms with Gasteiger partial charge in [0.2, 0.25) is 15.9 Å². The van der Waals surface area contributed by atoms with Gasteiger partial charge >= 0.3 is 0 Å². The van der Waals surface area contributed by atoms with Gasteiger partial charge in [0, 0.05) is 18.6 Å². The monoisotopic (exact) mass is 357 g/mol. The van der Waals surface area contributed by atoms with Crippen molar-refractivity contribution in [1.29, 1.82) is 0 Å². The molecular formula is C17H31N3O3S. The average Bonchev–Trinajstić information content (AvgIpc) is 2.56. The standard InChI is InChI=1S/C17H31N3O3S/c1-3-20-15-6-4-5-9-17(15,10-13-24(20,22)23)16(21)18-14-7-11-19(2)12-8-14/h14-15H,3-13H2,1-2H3,(H,18,21)/t15-,17-/m1/s1. The molecule has 6 nitrogen and oxygen atoms in total. The summed E-state index contributed by atoms with van der Waals surface area (Å²) in [4.78, 5) is 15.5. The number of hydrogen-bond acceptors (Lipinski definition) is 4. The van der Waals surface area contributed by atoms with Gasteiger partial charge in [-0.25, -0.2) is 8.42 Å². The highest BCUT2D eigenvalue weighted by molar-refractivity contribution is 7.89. The second-order valence-electron chi connectivity index (χ2n) is 7.74. The molecule has 24 heavy (non-hydrogen) atoms. The number of likely N-dealkylation sites (tertiary alicyclic amines) is 1. The first kappa shape index (κ1) is 18.1. The predicted octanol–water partition coefficient (Wildman–Crippen LogP) is 1.18. The van der Waals surface area contributed by atoms with Gasteiger partial charge in [-0.1, -0.05) is 19.8 Å². The molecule has 138 valence electrons. The third-order valence-corrected chi connectivity index (χ3v) is 8.26. The number of nitrogens with zero attached hydrogens (tertiary/aromatic N) is 2. The van der Waals surface area contributed by atoms with E-state index in [1.54, 1.807) is 4.31 Å². The average molecular weight is 358 g/mol. The van der Waals surface area contributed by atoms with Crippen LogP contribution in [0.15, 0.2) is 0 Å². The number of carbonyl (C=O) groups excluding carboxylic acids is 1. The van der Waals surface area contributed by atoms with Crippen LogP contribution in [0.3, 0.4) is 0 Å². The Morgan fingerprint density at radius 1 is 1.17 bits per heavy atom. The molecule has 1 amide bonds. The zero-order valence-electron chi connectivity index (χ0n) is 15.0. The first-order chi connectivity index (χ1) is 11.4. The highest BCUT2D eigenvalue weighted by atomic mass is 32.2. The second-order valence-corrected chi connectivity index (χ2v) is 9.78. The van der Waals surface area contributed by atoms with Gasteiger partial charge in [-0.2, -0.15) is 4.31 Å². The molecule has 2 aliphatic heterocycles. The van der Waals surface area contributed by atoms with Crippen LogP contribution < -0.4 is 5.32 Å². The Morgan fingerprint density at radius 3 is 2.54 bits per heavy atom. The van der Waals surface area contributed by atoms with Gasteiger partial charge in [0.1, 0.15) is 0 Å². The molecule has 0 bridgehead atoms. The summed E-state index contributed by atoms with van der Waals surface area (Å²) in [5.74, 6) is 0.216. The van der Waals surface area contributed by atoms with E-state index in [4.69, 9.17) is 0 Å². The molecule has 0 aromatic heterocycles. The third-order valence-electron chi connectivity index (χ3n) is 6.32. The van der Waals surface area contributed by atoms with E-state index in [2.05, 4.69) is 17.3 Å². The Morgan fingerprint density at radius 2 is 1.88 bits per heavy atom. The van der Waals surface area contributed by atoms with Crippen LogP contribution in [0.5, 0.6) is 0 Å². The van der Waals surface area contributed by atoms with Crippen molar-refractivity contribution >= 4 is 15.9 Å². The lowest BCUT2D eigenvalue weighted by Crippen LogP contribution is -2.63. The number of hydrogen-bond donors (Lipinski definition) is 1. The lowest BCUT2D eigenvalue weighted by Gasteiger charge is -2.51. The van der Waals surface area contributed by atoms with Crippen molar-refractivity contribution in [2.45, 2.75) is 64.0 Å². The second kappa shape index (κ2) is 6.92. The third kappa shape index (κ3) is 3.22. The number of amides is 1. The number of sulfonamides is 1. The zero-order valence-corrected chi connectivity index (χ0v) is 15.8. The van der Waals surface area contributed by atoms with Gasteiger partial charge in [0.05, 0.1) is 11.2 Å². The van der Waals surface area contributed by atoms with E-state index in [-0.39, 0.29) is 23.7 Å². The maximum Gasteiger partial charge on any atom is 0.228 e. The van der Waals surface area contributed by atoms with Crippen LogP contribution in [0.25, 0.3) is 0 Å². The van der Waals surface area contributed by atoms with Gasteiger partial charge in [-0.3, -0.25) is 4.79 Å². The van der Waals surface area contributed by atoms with Crippen LogP contribution in [0.2, 0.25) is 0 Å². The number of rotatable bonds is 3. The summed E-state index contributed by atoms with van der Waals surface area (Å²) in [6, 6.07) is 0.0838. The Kier molecular flexibility index (Phi) is 5.23. The predicted molar refractivity (Wildman–Crippen MR) is 94.1 cm³/mol. The molecule has 0 aromatic carbocycles. The van der Waals surface area contributed by atoms with E-state index in [1.165, 1.54) is 0 Å². The van der Waals surface area contributed by atoms with Gasteiger partial charge in [-0.15, -0.1) is 0 Å². The van der Waals surface area contributed by atoms with Gasteiger partial charge in [0.25, 0.3) is 0 Å². The van der Waals surface area contributed by atoms with Crippen LogP contribution in [0.4, 0.5) is 0 Å². The van der Waals surface area contributed by atoms with Crippen LogP contribution in [0, 0.1) is 5.41 Å². The molecule has 1 aliphatic carbocycles. The fourth-order valence-electron chi connectivity index (χ4n) is 4.83. The number of piperidine rings is 1. The van der Waals surface area contributed by atoms with Crippen LogP contribution in [0.1, 0.15) is 51.9 Å². The normalized spacial score (nSPS) is 35.3. The number of nitrogens with one attached hydrogen (secondary N) is 1. The van der Waals surface area contributed by atoms with E-state index in [0.717, 1.165) is 51.6 Å². The molecule has 1 saturated carbocycles. The van der Waals surface area contributed by atoms with E-state index in [9.17, 15) is 13.2 Å². The van der Waals surface area contributed by atoms with Crippen LogP contribution in [-0.4, -0.2) is 68.0 Å². The Hall–Kier alpha value is -0.660. The Balaban J connectivity index is 1.79. The molecule has 2 heterocycles. The Labute approximate surface area is 146 Å². The summed E-state index contributed by atoms with van der Waals surface area (Å²) in [6.07, 6.45) is 6.12. The van der Waals surface area contributed by atoms with Gasteiger partial charge in [0.15, 0.2) is 0 Å². The smallest absolute Gasteiger partial charge is 0.228 e. The molecule has 2 saturated heterocycles. The van der Waals surface area contributed by atoms with Crippen molar-refractivity contribution < 1.29 is 13.2 Å². The van der Waals surface area contributed by atoms with E-state index in [0.29, 0.717) is 13.0 Å². The summed E-state index contributed by atoms with van der Waals surface area (Å²) in [6.45, 7) is 4.38. The fourth-order valence-corrected chi connectivity index (χ4v) is 6.78. The molecular weight excluding hydrogens is 326 g/mol. The highest BCUT2D eigenvalue weighted by Gasteiger charge is 2.55. The molecule has 3 rings (SSSR count). The number of fused-ring (bicyclic) bond motifs is 1. The number of carbonyl (C=O) groups is 1. The van der Waals surface area contributed by atoms with E-state index >= 15 is 0 Å². The zero-order chi connectivity index (χ0) is 17.4. The minimum Gasteiger partial charge on any atom is -0.353 e. The van der Waals surface area contributed by atoms with Crippen molar-refractivity contribution in [3.05, 3.63) is 0 Å². The first-order valence-corrected chi connectivity index (χ1v) is 11.0. The topological polar surface area (TPSA) is 69.7 Å². The van der Waals surface area contributed by atoms with Gasteiger partial charge in [-0.05, 0) is 52.2 Å². The minimum atomic E-state index is -3.21. The molecule has 0 spiro atoms. The first-order valence-electron chi connectivity index (χ1n) is 9.38. The maximum absolute atomic E-state index is 13.2. The molecule has 0 aromatic rings. The summed E-state index contributed by atoms with van der Waals surface area (Å²) in [7, 11) is -1.10. The lowest BCUT2D eigenvalue weighted by atomic mass is 9.67. The minimum absolute atomic E-state index is 0.107. The molecule has 7 heteroatoms. The Bertz CT molecular complexity index is 572. The van der Waals surface area contributed by atoms with Crippen molar-refractivity contribution in [3.63, 3.8) is 0 Å². The molecule has 0 unspecified atom stereocenters. The summed E-state index contributed by atoms with van der Waals surface area (Å²) in [5.41, 5.74) is -0.511. The fraction of sp³-hybridized carbons (Fsp3) is 0.941. The summed E-state index contributed by atoms with van der Waals surface area (Å²) in [5, 5.41) is 3.28. The highest BCUT2D eigenvalue weighted by Crippen LogP contribution is 2.47. The molecule has 3 aliphatic rings. The van der Waals surface area contributed by atoms with E-state index in [1.807, 2.05) is 6.92 Å². The summed E-state index contributed by atoms with van der Waals surface area (Å²) < 4.78 is 26.5.